The molecule has 0 atom stereocenters. The Morgan fingerprint density at radius 1 is 1.69 bits per heavy atom. The molecule has 5 heteroatoms. The molecule has 1 amide bonds. The van der Waals surface area contributed by atoms with E-state index in [9.17, 15) is 4.79 Å². The number of hydrogen-bond acceptors (Lipinski definition) is 2. The van der Waals surface area contributed by atoms with Gasteiger partial charge in [-0.3, -0.25) is 4.79 Å². The van der Waals surface area contributed by atoms with Gasteiger partial charge >= 0.3 is 0 Å². The van der Waals surface area contributed by atoms with Crippen LogP contribution in [0.5, 0.6) is 0 Å². The first-order valence-corrected chi connectivity index (χ1v) is 5.99. The number of nitrogens with one attached hydrogen (secondary N) is 1. The SMILES string of the molecule is O=C(CCl)NCCc1ccsc1Br. The summed E-state index contributed by atoms with van der Waals surface area (Å²) in [6.45, 7) is 0.640. The lowest BCUT2D eigenvalue weighted by molar-refractivity contribution is -0.118. The minimum atomic E-state index is -0.118. The third-order valence-electron chi connectivity index (χ3n) is 1.53. The molecule has 1 heterocycles. The first kappa shape index (κ1) is 11.0. The number of hydrogen-bond donors (Lipinski definition) is 1. The first-order chi connectivity index (χ1) is 6.24. The number of halogens is 2. The van der Waals surface area contributed by atoms with Crippen LogP contribution in [0.1, 0.15) is 5.56 Å². The third-order valence-corrected chi connectivity index (χ3v) is 3.59. The van der Waals surface area contributed by atoms with Crippen molar-refractivity contribution in [3.63, 3.8) is 0 Å². The van der Waals surface area contributed by atoms with E-state index in [1.807, 2.05) is 11.4 Å². The lowest BCUT2D eigenvalue weighted by Gasteiger charge is -2.01. The highest BCUT2D eigenvalue weighted by molar-refractivity contribution is 9.11. The standard InChI is InChI=1S/C8H9BrClNOS/c9-8-6(2-4-13-8)1-3-11-7(12)5-10/h2,4H,1,3,5H2,(H,11,12). The second-order valence-electron chi connectivity index (χ2n) is 2.45. The number of thiophene rings is 1. The van der Waals surface area contributed by atoms with E-state index in [1.54, 1.807) is 11.3 Å². The summed E-state index contributed by atoms with van der Waals surface area (Å²) < 4.78 is 1.13. The molecule has 0 unspecified atom stereocenters. The molecule has 0 bridgehead atoms. The van der Waals surface area contributed by atoms with Gasteiger partial charge in [0.25, 0.3) is 0 Å². The fourth-order valence-electron chi connectivity index (χ4n) is 0.883. The van der Waals surface area contributed by atoms with Crippen LogP contribution in [0.3, 0.4) is 0 Å². The quantitative estimate of drug-likeness (QED) is 0.844. The van der Waals surface area contributed by atoms with Gasteiger partial charge in [-0.2, -0.15) is 0 Å². The van der Waals surface area contributed by atoms with E-state index in [1.165, 1.54) is 5.56 Å². The summed E-state index contributed by atoms with van der Waals surface area (Å²) in [6, 6.07) is 2.04. The van der Waals surface area contributed by atoms with Crippen molar-refractivity contribution >= 4 is 44.8 Å². The van der Waals surface area contributed by atoms with Crippen molar-refractivity contribution in [2.75, 3.05) is 12.4 Å². The molecule has 0 aliphatic rings. The number of amides is 1. The summed E-state index contributed by atoms with van der Waals surface area (Å²) in [4.78, 5) is 10.8. The van der Waals surface area contributed by atoms with Gasteiger partial charge in [0.15, 0.2) is 0 Å². The maximum atomic E-state index is 10.8. The molecule has 0 saturated carbocycles. The van der Waals surface area contributed by atoms with Crippen LogP contribution < -0.4 is 5.32 Å². The van der Waals surface area contributed by atoms with Gasteiger partial charge in [-0.15, -0.1) is 22.9 Å². The molecule has 0 fully saturated rings. The molecule has 1 aromatic heterocycles. The summed E-state index contributed by atoms with van der Waals surface area (Å²) in [7, 11) is 0. The minimum Gasteiger partial charge on any atom is -0.355 e. The average Bonchev–Trinajstić information content (AvgIpc) is 2.52. The van der Waals surface area contributed by atoms with Crippen LogP contribution in [-0.2, 0) is 11.2 Å². The van der Waals surface area contributed by atoms with E-state index in [4.69, 9.17) is 11.6 Å². The van der Waals surface area contributed by atoms with Gasteiger partial charge in [0, 0.05) is 6.54 Å². The molecular weight excluding hydrogens is 274 g/mol. The van der Waals surface area contributed by atoms with E-state index in [0.29, 0.717) is 6.54 Å². The molecule has 0 saturated heterocycles. The molecule has 0 radical (unpaired) electrons. The molecular formula is C8H9BrClNOS. The van der Waals surface area contributed by atoms with E-state index in [-0.39, 0.29) is 11.8 Å². The summed E-state index contributed by atoms with van der Waals surface area (Å²) in [5, 5.41) is 4.73. The average molecular weight is 283 g/mol. The van der Waals surface area contributed by atoms with Crippen molar-refractivity contribution < 1.29 is 4.79 Å². The first-order valence-electron chi connectivity index (χ1n) is 3.78. The van der Waals surface area contributed by atoms with Crippen LogP contribution in [0, 0.1) is 0 Å². The van der Waals surface area contributed by atoms with E-state index in [0.717, 1.165) is 10.2 Å². The van der Waals surface area contributed by atoms with Gasteiger partial charge in [0.2, 0.25) is 5.91 Å². The normalized spacial score (nSPS) is 10.0. The van der Waals surface area contributed by atoms with Gasteiger partial charge in [-0.05, 0) is 39.4 Å². The maximum absolute atomic E-state index is 10.8. The number of carbonyl (C=O) groups excluding carboxylic acids is 1. The van der Waals surface area contributed by atoms with Gasteiger partial charge in [-0.25, -0.2) is 0 Å². The molecule has 0 spiro atoms. The van der Waals surface area contributed by atoms with E-state index >= 15 is 0 Å². The van der Waals surface area contributed by atoms with Crippen LogP contribution in [-0.4, -0.2) is 18.3 Å². The Kier molecular flexibility index (Phi) is 4.77. The summed E-state index contributed by atoms with van der Waals surface area (Å²) in [5.41, 5.74) is 1.22. The highest BCUT2D eigenvalue weighted by atomic mass is 79.9. The lowest BCUT2D eigenvalue weighted by atomic mass is 10.2. The van der Waals surface area contributed by atoms with Crippen LogP contribution in [0.15, 0.2) is 15.2 Å². The number of alkyl halides is 1. The van der Waals surface area contributed by atoms with Gasteiger partial charge in [0.1, 0.15) is 5.88 Å². The predicted molar refractivity (Wildman–Crippen MR) is 59.5 cm³/mol. The minimum absolute atomic E-state index is 0.0325. The topological polar surface area (TPSA) is 29.1 Å². The zero-order chi connectivity index (χ0) is 9.68. The Hall–Kier alpha value is -0.0600. The molecule has 1 N–H and O–H groups in total. The Bertz CT molecular complexity index is 289. The summed E-state index contributed by atoms with van der Waals surface area (Å²) in [5.74, 6) is -0.0850. The molecule has 13 heavy (non-hydrogen) atoms. The molecule has 2 nitrogen and oxygen atoms in total. The van der Waals surface area contributed by atoms with Crippen LogP contribution in [0.4, 0.5) is 0 Å². The zero-order valence-electron chi connectivity index (χ0n) is 6.85. The van der Waals surface area contributed by atoms with Gasteiger partial charge in [0.05, 0.1) is 3.79 Å². The van der Waals surface area contributed by atoms with Crippen molar-refractivity contribution in [3.8, 4) is 0 Å². The summed E-state index contributed by atoms with van der Waals surface area (Å²) >= 11 is 10.4. The molecule has 0 aliphatic carbocycles. The van der Waals surface area contributed by atoms with E-state index in [2.05, 4.69) is 21.2 Å². The number of carbonyl (C=O) groups is 1. The van der Waals surface area contributed by atoms with Gasteiger partial charge in [-0.1, -0.05) is 0 Å². The Morgan fingerprint density at radius 3 is 3.00 bits per heavy atom. The summed E-state index contributed by atoms with van der Waals surface area (Å²) in [6.07, 6.45) is 0.840. The molecule has 1 rings (SSSR count). The molecule has 1 aromatic rings. The van der Waals surface area contributed by atoms with Crippen LogP contribution in [0.25, 0.3) is 0 Å². The van der Waals surface area contributed by atoms with Gasteiger partial charge < -0.3 is 5.32 Å². The second-order valence-corrected chi connectivity index (χ2v) is 4.95. The van der Waals surface area contributed by atoms with Crippen molar-refractivity contribution in [1.29, 1.82) is 0 Å². The molecule has 0 aromatic carbocycles. The maximum Gasteiger partial charge on any atom is 0.234 e. The Labute approximate surface area is 94.4 Å². The fraction of sp³-hybridized carbons (Fsp3) is 0.375. The van der Waals surface area contributed by atoms with Crippen LogP contribution >= 0.6 is 38.9 Å². The Morgan fingerprint density at radius 2 is 2.46 bits per heavy atom. The fourth-order valence-corrected chi connectivity index (χ4v) is 2.30. The third kappa shape index (κ3) is 3.67. The second kappa shape index (κ2) is 5.62. The van der Waals surface area contributed by atoms with Crippen molar-refractivity contribution in [1.82, 2.24) is 5.32 Å². The molecule has 0 aliphatic heterocycles. The highest BCUT2D eigenvalue weighted by Crippen LogP contribution is 2.23. The highest BCUT2D eigenvalue weighted by Gasteiger charge is 2.01. The zero-order valence-corrected chi connectivity index (χ0v) is 10.0. The van der Waals surface area contributed by atoms with Crippen molar-refractivity contribution in [2.45, 2.75) is 6.42 Å². The van der Waals surface area contributed by atoms with E-state index < -0.39 is 0 Å². The van der Waals surface area contributed by atoms with Crippen molar-refractivity contribution in [2.24, 2.45) is 0 Å². The van der Waals surface area contributed by atoms with Crippen molar-refractivity contribution in [3.05, 3.63) is 20.8 Å². The predicted octanol–water partition coefficient (Wildman–Crippen LogP) is 2.41. The largest absolute Gasteiger partial charge is 0.355 e. The number of rotatable bonds is 4. The lowest BCUT2D eigenvalue weighted by Crippen LogP contribution is -2.26. The monoisotopic (exact) mass is 281 g/mol. The van der Waals surface area contributed by atoms with Crippen LogP contribution in [0.2, 0.25) is 0 Å². The smallest absolute Gasteiger partial charge is 0.234 e. The molecule has 72 valence electrons. The Balaban J connectivity index is 2.28.